The zero-order valence-corrected chi connectivity index (χ0v) is 8.91. The van der Waals surface area contributed by atoms with Gasteiger partial charge in [-0.1, -0.05) is 30.4 Å². The minimum absolute atomic E-state index is 0.0730. The molecule has 1 aliphatic heterocycles. The van der Waals surface area contributed by atoms with Gasteiger partial charge in [-0.15, -0.1) is 0 Å². The zero-order chi connectivity index (χ0) is 10.6. The predicted octanol–water partition coefficient (Wildman–Crippen LogP) is 2.23. The highest BCUT2D eigenvalue weighted by atomic mass is 32.1. The number of fused-ring (bicyclic) bond motifs is 3. The summed E-state index contributed by atoms with van der Waals surface area (Å²) in [6.07, 6.45) is 0. The van der Waals surface area contributed by atoms with E-state index in [1.165, 1.54) is 4.90 Å². The lowest BCUT2D eigenvalue weighted by atomic mass is 10.2. The Morgan fingerprint density at radius 3 is 2.80 bits per heavy atom. The van der Waals surface area contributed by atoms with Crippen molar-refractivity contribution in [1.29, 1.82) is 0 Å². The van der Waals surface area contributed by atoms with Gasteiger partial charge >= 0.3 is 6.03 Å². The number of aromatic nitrogens is 1. The van der Waals surface area contributed by atoms with Gasteiger partial charge in [-0.05, 0) is 12.1 Å². The monoisotopic (exact) mass is 216 g/mol. The van der Waals surface area contributed by atoms with E-state index in [0.29, 0.717) is 4.99 Å². The minimum Gasteiger partial charge on any atom is -0.285 e. The van der Waals surface area contributed by atoms with Gasteiger partial charge in [0.2, 0.25) is 0 Å². The summed E-state index contributed by atoms with van der Waals surface area (Å²) in [7, 11) is 1.70. The molecule has 4 heteroatoms. The normalized spacial score (nSPS) is 15.1. The van der Waals surface area contributed by atoms with Gasteiger partial charge in [0.15, 0.2) is 0 Å². The Morgan fingerprint density at radius 2 is 2.00 bits per heavy atom. The van der Waals surface area contributed by atoms with Crippen molar-refractivity contribution in [2.75, 3.05) is 7.05 Å². The summed E-state index contributed by atoms with van der Waals surface area (Å²) in [5, 5.41) is 1.05. The van der Waals surface area contributed by atoms with Crippen LogP contribution in [0.25, 0.3) is 10.9 Å². The quantitative estimate of drug-likeness (QED) is 0.631. The maximum Gasteiger partial charge on any atom is 0.334 e. The van der Waals surface area contributed by atoms with Crippen LogP contribution in [-0.4, -0.2) is 27.5 Å². The number of hydrogen-bond donors (Lipinski definition) is 0. The van der Waals surface area contributed by atoms with E-state index >= 15 is 0 Å². The van der Waals surface area contributed by atoms with E-state index in [2.05, 4.69) is 0 Å². The highest BCUT2D eigenvalue weighted by Gasteiger charge is 2.30. The van der Waals surface area contributed by atoms with E-state index in [-0.39, 0.29) is 6.03 Å². The van der Waals surface area contributed by atoms with Crippen LogP contribution in [0.15, 0.2) is 30.3 Å². The molecule has 2 aromatic rings. The van der Waals surface area contributed by atoms with Gasteiger partial charge < -0.3 is 0 Å². The summed E-state index contributed by atoms with van der Waals surface area (Å²) in [4.78, 5) is 14.0. The molecule has 0 saturated heterocycles. The topological polar surface area (TPSA) is 25.2 Å². The van der Waals surface area contributed by atoms with Crippen LogP contribution in [-0.2, 0) is 0 Å². The molecule has 2 heterocycles. The minimum atomic E-state index is -0.0730. The molecule has 3 rings (SSSR count). The van der Waals surface area contributed by atoms with Crippen LogP contribution in [0.2, 0.25) is 0 Å². The predicted molar refractivity (Wildman–Crippen MR) is 62.2 cm³/mol. The van der Waals surface area contributed by atoms with E-state index in [9.17, 15) is 4.79 Å². The number of nitrogens with zero attached hydrogens (tertiary/aromatic N) is 2. The molecular weight excluding hydrogens is 208 g/mol. The fraction of sp³-hybridized carbons (Fsp3) is 0.0909. The van der Waals surface area contributed by atoms with Gasteiger partial charge in [-0.25, -0.2) is 4.79 Å². The Labute approximate surface area is 91.9 Å². The molecule has 1 aromatic heterocycles. The summed E-state index contributed by atoms with van der Waals surface area (Å²) in [5.41, 5.74) is 1.74. The second-order valence-electron chi connectivity index (χ2n) is 3.57. The zero-order valence-electron chi connectivity index (χ0n) is 8.10. The molecule has 0 atom stereocenters. The molecule has 0 saturated carbocycles. The average molecular weight is 216 g/mol. The first-order chi connectivity index (χ1) is 7.20. The van der Waals surface area contributed by atoms with Crippen molar-refractivity contribution in [3.8, 4) is 0 Å². The summed E-state index contributed by atoms with van der Waals surface area (Å²) in [6, 6.07) is 9.67. The first kappa shape index (κ1) is 8.61. The standard InChI is InChI=1S/C11H8N2OS/c1-12-10(15)9-6-7-4-2-3-5-8(7)13(9)11(12)14/h2-6H,1H3. The van der Waals surface area contributed by atoms with Gasteiger partial charge in [0, 0.05) is 12.4 Å². The smallest absolute Gasteiger partial charge is 0.285 e. The maximum atomic E-state index is 11.9. The van der Waals surface area contributed by atoms with Gasteiger partial charge in [-0.3, -0.25) is 9.47 Å². The Kier molecular flexibility index (Phi) is 1.53. The van der Waals surface area contributed by atoms with Crippen molar-refractivity contribution >= 4 is 34.1 Å². The van der Waals surface area contributed by atoms with Crippen molar-refractivity contribution in [2.45, 2.75) is 0 Å². The summed E-state index contributed by atoms with van der Waals surface area (Å²) in [6.45, 7) is 0. The highest BCUT2D eigenvalue weighted by molar-refractivity contribution is 7.80. The molecule has 0 fully saturated rings. The lowest BCUT2D eigenvalue weighted by Crippen LogP contribution is -2.25. The second-order valence-corrected chi connectivity index (χ2v) is 3.96. The molecular formula is C11H8N2OS. The largest absolute Gasteiger partial charge is 0.334 e. The lowest BCUT2D eigenvalue weighted by Gasteiger charge is -2.06. The number of thiocarbonyl (C=S) groups is 1. The molecule has 0 radical (unpaired) electrons. The van der Waals surface area contributed by atoms with Crippen molar-refractivity contribution in [3.05, 3.63) is 36.0 Å². The van der Waals surface area contributed by atoms with Crippen LogP contribution in [0.1, 0.15) is 5.69 Å². The molecule has 1 aromatic carbocycles. The molecule has 0 unspecified atom stereocenters. The fourth-order valence-electron chi connectivity index (χ4n) is 1.93. The average Bonchev–Trinajstić information content (AvgIpc) is 2.72. The van der Waals surface area contributed by atoms with Crippen molar-refractivity contribution in [1.82, 2.24) is 9.47 Å². The number of hydrogen-bond acceptors (Lipinski definition) is 2. The van der Waals surface area contributed by atoms with E-state index in [1.54, 1.807) is 11.6 Å². The van der Waals surface area contributed by atoms with Crippen LogP contribution in [0.5, 0.6) is 0 Å². The van der Waals surface area contributed by atoms with Gasteiger partial charge in [-0.2, -0.15) is 0 Å². The van der Waals surface area contributed by atoms with E-state index in [0.717, 1.165) is 16.6 Å². The summed E-state index contributed by atoms with van der Waals surface area (Å²) < 4.78 is 1.66. The molecule has 0 N–H and O–H groups in total. The Balaban J connectivity index is 2.44. The number of carbonyl (C=O) groups excluding carboxylic acids is 1. The molecule has 0 spiro atoms. The van der Waals surface area contributed by atoms with Crippen molar-refractivity contribution < 1.29 is 4.79 Å². The Hall–Kier alpha value is -1.68. The molecule has 1 amide bonds. The molecule has 1 aliphatic rings. The van der Waals surface area contributed by atoms with E-state index < -0.39 is 0 Å². The van der Waals surface area contributed by atoms with E-state index in [1.807, 2.05) is 30.3 Å². The van der Waals surface area contributed by atoms with Crippen molar-refractivity contribution in [2.24, 2.45) is 0 Å². The molecule has 15 heavy (non-hydrogen) atoms. The highest BCUT2D eigenvalue weighted by Crippen LogP contribution is 2.26. The first-order valence-corrected chi connectivity index (χ1v) is 5.04. The molecule has 0 aliphatic carbocycles. The van der Waals surface area contributed by atoms with Crippen LogP contribution in [0, 0.1) is 0 Å². The third-order valence-electron chi connectivity index (χ3n) is 2.71. The SMILES string of the molecule is CN1C(=O)n2c(cc3ccccc32)C1=S. The molecule has 74 valence electrons. The Morgan fingerprint density at radius 1 is 1.27 bits per heavy atom. The fourth-order valence-corrected chi connectivity index (χ4v) is 2.16. The number of carbonyl (C=O) groups is 1. The van der Waals surface area contributed by atoms with Crippen LogP contribution < -0.4 is 0 Å². The maximum absolute atomic E-state index is 11.9. The number of benzene rings is 1. The number of rotatable bonds is 0. The van der Waals surface area contributed by atoms with Crippen molar-refractivity contribution in [3.63, 3.8) is 0 Å². The van der Waals surface area contributed by atoms with Gasteiger partial charge in [0.1, 0.15) is 4.99 Å². The lowest BCUT2D eigenvalue weighted by molar-refractivity contribution is 0.233. The van der Waals surface area contributed by atoms with Crippen LogP contribution in [0.3, 0.4) is 0 Å². The molecule has 3 nitrogen and oxygen atoms in total. The summed E-state index contributed by atoms with van der Waals surface area (Å²) >= 11 is 5.20. The van der Waals surface area contributed by atoms with Gasteiger partial charge in [0.05, 0.1) is 11.2 Å². The third kappa shape index (κ3) is 0.942. The first-order valence-electron chi connectivity index (χ1n) is 4.63. The number of amides is 1. The van der Waals surface area contributed by atoms with Crippen LogP contribution in [0.4, 0.5) is 4.79 Å². The second kappa shape index (κ2) is 2.67. The third-order valence-corrected chi connectivity index (χ3v) is 3.20. The summed E-state index contributed by atoms with van der Waals surface area (Å²) in [5.74, 6) is 0. The van der Waals surface area contributed by atoms with Crippen LogP contribution >= 0.6 is 12.2 Å². The molecule has 0 bridgehead atoms. The van der Waals surface area contributed by atoms with Gasteiger partial charge in [0.25, 0.3) is 0 Å². The number of para-hydroxylation sites is 1. The van der Waals surface area contributed by atoms with E-state index in [4.69, 9.17) is 12.2 Å². The Bertz CT molecular complexity index is 600.